The topological polar surface area (TPSA) is 50.9 Å². The summed E-state index contributed by atoms with van der Waals surface area (Å²) in [4.78, 5) is 3.82. The van der Waals surface area contributed by atoms with E-state index in [1.807, 2.05) is 0 Å². The number of aromatic nitrogens is 3. The lowest BCUT2D eigenvalue weighted by atomic mass is 10.4. The van der Waals surface area contributed by atoms with Gasteiger partial charge in [-0.3, -0.25) is 4.68 Å². The molecule has 0 spiro atoms. The highest BCUT2D eigenvalue weighted by Crippen LogP contribution is 2.03. The Morgan fingerprint density at radius 3 is 2.67 bits per heavy atom. The molecular formula is C5H9N3O. The third-order valence-corrected chi connectivity index (χ3v) is 1.12. The fraction of sp³-hybridized carbons (Fsp3) is 0.600. The summed E-state index contributed by atoms with van der Waals surface area (Å²) in [6, 6.07) is 0. The van der Waals surface area contributed by atoms with Crippen LogP contribution < -0.4 is 0 Å². The molecule has 4 nitrogen and oxygen atoms in total. The zero-order valence-corrected chi connectivity index (χ0v) is 5.44. The van der Waals surface area contributed by atoms with Crippen LogP contribution in [0.2, 0.25) is 0 Å². The number of aliphatic hydroxyl groups is 1. The molecule has 4 heteroatoms. The Kier molecular flexibility index (Phi) is 1.48. The maximum Gasteiger partial charge on any atom is 0.155 e. The summed E-state index contributed by atoms with van der Waals surface area (Å²) in [6.07, 6.45) is 0.889. The summed E-state index contributed by atoms with van der Waals surface area (Å²) >= 11 is 0. The SMILES string of the molecule is CC(O)c1ncnn1C. The maximum absolute atomic E-state index is 8.97. The molecule has 1 atom stereocenters. The van der Waals surface area contributed by atoms with Gasteiger partial charge >= 0.3 is 0 Å². The van der Waals surface area contributed by atoms with Gasteiger partial charge in [0.25, 0.3) is 0 Å². The standard InChI is InChI=1S/C5H9N3O/c1-4(9)5-6-3-7-8(5)2/h3-4,9H,1-2H3. The van der Waals surface area contributed by atoms with Crippen LogP contribution in [-0.4, -0.2) is 19.9 Å². The first-order valence-corrected chi connectivity index (χ1v) is 2.74. The van der Waals surface area contributed by atoms with Crippen LogP contribution >= 0.6 is 0 Å². The van der Waals surface area contributed by atoms with Crippen molar-refractivity contribution in [1.29, 1.82) is 0 Å². The normalized spacial score (nSPS) is 13.7. The number of aryl methyl sites for hydroxylation is 1. The van der Waals surface area contributed by atoms with E-state index in [4.69, 9.17) is 5.11 Å². The van der Waals surface area contributed by atoms with Crippen LogP contribution in [0.3, 0.4) is 0 Å². The predicted octanol–water partition coefficient (Wildman–Crippen LogP) is -0.132. The fourth-order valence-corrected chi connectivity index (χ4v) is 0.683. The van der Waals surface area contributed by atoms with E-state index in [0.29, 0.717) is 5.82 Å². The summed E-state index contributed by atoms with van der Waals surface area (Å²) in [5, 5.41) is 12.8. The molecule has 0 radical (unpaired) electrons. The summed E-state index contributed by atoms with van der Waals surface area (Å²) < 4.78 is 1.55. The molecule has 1 N–H and O–H groups in total. The number of hydrogen-bond donors (Lipinski definition) is 1. The first-order chi connectivity index (χ1) is 4.22. The Labute approximate surface area is 53.1 Å². The van der Waals surface area contributed by atoms with Crippen LogP contribution in [0.5, 0.6) is 0 Å². The van der Waals surface area contributed by atoms with Gasteiger partial charge < -0.3 is 5.11 Å². The number of rotatable bonds is 1. The van der Waals surface area contributed by atoms with E-state index in [1.165, 1.54) is 6.33 Å². The third-order valence-electron chi connectivity index (χ3n) is 1.12. The van der Waals surface area contributed by atoms with E-state index in [1.54, 1.807) is 18.7 Å². The van der Waals surface area contributed by atoms with Gasteiger partial charge in [-0.15, -0.1) is 0 Å². The first kappa shape index (κ1) is 6.22. The van der Waals surface area contributed by atoms with Crippen molar-refractivity contribution in [3.63, 3.8) is 0 Å². The molecule has 0 saturated heterocycles. The number of hydrogen-bond acceptors (Lipinski definition) is 3. The van der Waals surface area contributed by atoms with E-state index in [-0.39, 0.29) is 0 Å². The van der Waals surface area contributed by atoms with Crippen LogP contribution in [0.15, 0.2) is 6.33 Å². The van der Waals surface area contributed by atoms with Crippen molar-refractivity contribution in [3.05, 3.63) is 12.2 Å². The molecule has 1 aromatic heterocycles. The minimum atomic E-state index is -0.530. The summed E-state index contributed by atoms with van der Waals surface area (Å²) in [6.45, 7) is 1.66. The fourth-order valence-electron chi connectivity index (χ4n) is 0.683. The highest BCUT2D eigenvalue weighted by Gasteiger charge is 2.04. The Balaban J connectivity index is 2.94. The second kappa shape index (κ2) is 2.14. The Bertz CT molecular complexity index is 194. The average molecular weight is 127 g/mol. The van der Waals surface area contributed by atoms with Gasteiger partial charge in [-0.1, -0.05) is 0 Å². The Hall–Kier alpha value is -0.900. The molecule has 0 aromatic carbocycles. The van der Waals surface area contributed by atoms with Crippen LogP contribution in [0, 0.1) is 0 Å². The lowest BCUT2D eigenvalue weighted by Crippen LogP contribution is -2.02. The van der Waals surface area contributed by atoms with Gasteiger partial charge in [-0.05, 0) is 6.92 Å². The second-order valence-corrected chi connectivity index (χ2v) is 1.92. The summed E-state index contributed by atoms with van der Waals surface area (Å²) in [5.74, 6) is 0.593. The van der Waals surface area contributed by atoms with Crippen molar-refractivity contribution in [3.8, 4) is 0 Å². The molecule has 0 fully saturated rings. The van der Waals surface area contributed by atoms with Gasteiger partial charge in [0.2, 0.25) is 0 Å². The molecule has 0 bridgehead atoms. The van der Waals surface area contributed by atoms with E-state index in [9.17, 15) is 0 Å². The smallest absolute Gasteiger partial charge is 0.155 e. The van der Waals surface area contributed by atoms with Crippen LogP contribution in [0.4, 0.5) is 0 Å². The van der Waals surface area contributed by atoms with Crippen LogP contribution in [0.1, 0.15) is 18.9 Å². The molecule has 0 saturated carbocycles. The van der Waals surface area contributed by atoms with Crippen molar-refractivity contribution in [2.24, 2.45) is 7.05 Å². The van der Waals surface area contributed by atoms with E-state index >= 15 is 0 Å². The Morgan fingerprint density at radius 2 is 2.44 bits per heavy atom. The zero-order chi connectivity index (χ0) is 6.85. The Morgan fingerprint density at radius 1 is 1.78 bits per heavy atom. The quantitative estimate of drug-likeness (QED) is 0.571. The van der Waals surface area contributed by atoms with E-state index in [2.05, 4.69) is 10.1 Å². The maximum atomic E-state index is 8.97. The molecular weight excluding hydrogens is 118 g/mol. The van der Waals surface area contributed by atoms with Gasteiger partial charge in [0.15, 0.2) is 5.82 Å². The van der Waals surface area contributed by atoms with Crippen molar-refractivity contribution >= 4 is 0 Å². The zero-order valence-electron chi connectivity index (χ0n) is 5.44. The molecule has 1 rings (SSSR count). The van der Waals surface area contributed by atoms with Crippen LogP contribution in [-0.2, 0) is 7.05 Å². The number of nitrogens with zero attached hydrogens (tertiary/aromatic N) is 3. The summed E-state index contributed by atoms with van der Waals surface area (Å²) in [7, 11) is 1.75. The van der Waals surface area contributed by atoms with Gasteiger partial charge in [-0.2, -0.15) is 5.10 Å². The van der Waals surface area contributed by atoms with Crippen molar-refractivity contribution in [2.45, 2.75) is 13.0 Å². The van der Waals surface area contributed by atoms with Crippen molar-refractivity contribution in [1.82, 2.24) is 14.8 Å². The molecule has 9 heavy (non-hydrogen) atoms. The molecule has 1 aromatic rings. The van der Waals surface area contributed by atoms with Gasteiger partial charge in [0.05, 0.1) is 0 Å². The first-order valence-electron chi connectivity index (χ1n) is 2.74. The highest BCUT2D eigenvalue weighted by molar-refractivity contribution is 4.86. The second-order valence-electron chi connectivity index (χ2n) is 1.92. The lowest BCUT2D eigenvalue weighted by Gasteiger charge is -1.99. The predicted molar refractivity (Wildman–Crippen MR) is 31.6 cm³/mol. The summed E-state index contributed by atoms with van der Waals surface area (Å²) in [5.41, 5.74) is 0. The third kappa shape index (κ3) is 1.08. The van der Waals surface area contributed by atoms with Gasteiger partial charge in [0, 0.05) is 7.05 Å². The molecule has 1 heterocycles. The van der Waals surface area contributed by atoms with Crippen LogP contribution in [0.25, 0.3) is 0 Å². The minimum absolute atomic E-state index is 0.530. The van der Waals surface area contributed by atoms with Crippen molar-refractivity contribution < 1.29 is 5.11 Å². The lowest BCUT2D eigenvalue weighted by molar-refractivity contribution is 0.184. The monoisotopic (exact) mass is 127 g/mol. The van der Waals surface area contributed by atoms with Gasteiger partial charge in [0.1, 0.15) is 12.4 Å². The molecule has 50 valence electrons. The van der Waals surface area contributed by atoms with E-state index < -0.39 is 6.10 Å². The van der Waals surface area contributed by atoms with E-state index in [0.717, 1.165) is 0 Å². The molecule has 1 unspecified atom stereocenters. The average Bonchev–Trinajstić information content (AvgIpc) is 2.13. The highest BCUT2D eigenvalue weighted by atomic mass is 16.3. The van der Waals surface area contributed by atoms with Crippen molar-refractivity contribution in [2.75, 3.05) is 0 Å². The molecule has 0 aliphatic carbocycles. The molecule has 0 aliphatic rings. The molecule has 0 amide bonds. The molecule has 0 aliphatic heterocycles. The minimum Gasteiger partial charge on any atom is -0.385 e. The van der Waals surface area contributed by atoms with Gasteiger partial charge in [-0.25, -0.2) is 4.98 Å². The number of aliphatic hydroxyl groups excluding tert-OH is 1. The largest absolute Gasteiger partial charge is 0.385 e.